The Balaban J connectivity index is 1.47. The van der Waals surface area contributed by atoms with Gasteiger partial charge >= 0.3 is 11.9 Å². The molecule has 5 rings (SSSR count). The predicted molar refractivity (Wildman–Crippen MR) is 131 cm³/mol. The molecule has 7 heteroatoms. The summed E-state index contributed by atoms with van der Waals surface area (Å²) in [6.07, 6.45) is 7.32. The highest BCUT2D eigenvalue weighted by atomic mass is 16.5. The standard InChI is InChI=1S/C27H37N3O4/c1-33-24(31)13-5-12-23-20-10-7-15-29-14-6-8-18(26(20)29)16-30(23)17-21-19-9-3-4-11-22(19)28-25(21)27(32)34-2/h3-4,9,11,18,20,23,26,28H,5-8,10,12-17H2,1-2H3/t18-,20-,23-,26+/m1/s1. The topological polar surface area (TPSA) is 74.9 Å². The maximum Gasteiger partial charge on any atom is 0.354 e. The second-order valence-corrected chi connectivity index (χ2v) is 10.2. The number of methoxy groups -OCH3 is 2. The summed E-state index contributed by atoms with van der Waals surface area (Å²) < 4.78 is 10.0. The van der Waals surface area contributed by atoms with Crippen LogP contribution in [0.5, 0.6) is 0 Å². The zero-order valence-electron chi connectivity index (χ0n) is 20.4. The fourth-order valence-corrected chi connectivity index (χ4v) is 7.06. The minimum absolute atomic E-state index is 0.132. The third-order valence-electron chi connectivity index (χ3n) is 8.45. The van der Waals surface area contributed by atoms with E-state index in [0.29, 0.717) is 36.0 Å². The number of carbonyl (C=O) groups is 2. The Labute approximate surface area is 201 Å². The van der Waals surface area contributed by atoms with Crippen molar-refractivity contribution >= 4 is 22.8 Å². The Hall–Kier alpha value is -2.38. The zero-order valence-corrected chi connectivity index (χ0v) is 20.4. The van der Waals surface area contributed by atoms with E-state index in [1.54, 1.807) is 0 Å². The molecule has 0 spiro atoms. The van der Waals surface area contributed by atoms with Gasteiger partial charge in [-0.25, -0.2) is 4.79 Å². The van der Waals surface area contributed by atoms with Crippen LogP contribution in [-0.2, 0) is 20.8 Å². The maximum atomic E-state index is 12.7. The van der Waals surface area contributed by atoms with Crippen molar-refractivity contribution in [2.45, 2.75) is 63.6 Å². The molecular weight excluding hydrogens is 430 g/mol. The SMILES string of the molecule is COC(=O)CCC[C@@H]1[C@H]2CCCN3CCC[C@H](CN1Cc1c(C(=O)OC)[nH]c4ccccc14)[C@@H]23. The quantitative estimate of drug-likeness (QED) is 0.621. The fraction of sp³-hybridized carbons (Fsp3) is 0.630. The maximum absolute atomic E-state index is 12.7. The number of H-pyrrole nitrogens is 1. The Morgan fingerprint density at radius 2 is 1.88 bits per heavy atom. The van der Waals surface area contributed by atoms with Crippen molar-refractivity contribution in [1.82, 2.24) is 14.8 Å². The number of nitrogens with one attached hydrogen (secondary N) is 1. The van der Waals surface area contributed by atoms with Crippen LogP contribution < -0.4 is 0 Å². The van der Waals surface area contributed by atoms with Gasteiger partial charge in [-0.1, -0.05) is 18.2 Å². The summed E-state index contributed by atoms with van der Waals surface area (Å²) in [6.45, 7) is 4.21. The number of hydrogen-bond acceptors (Lipinski definition) is 6. The molecule has 1 N–H and O–H groups in total. The van der Waals surface area contributed by atoms with Gasteiger partial charge in [-0.05, 0) is 69.5 Å². The van der Waals surface area contributed by atoms with E-state index >= 15 is 0 Å². The summed E-state index contributed by atoms with van der Waals surface area (Å²) in [5.74, 6) is 0.831. The van der Waals surface area contributed by atoms with Crippen molar-refractivity contribution in [2.24, 2.45) is 11.8 Å². The number of rotatable bonds is 7. The summed E-state index contributed by atoms with van der Waals surface area (Å²) in [5, 5.41) is 1.09. The molecular formula is C27H37N3O4. The molecule has 184 valence electrons. The molecule has 0 bridgehead atoms. The Morgan fingerprint density at radius 1 is 1.09 bits per heavy atom. The lowest BCUT2D eigenvalue weighted by Crippen LogP contribution is -2.64. The lowest BCUT2D eigenvalue weighted by Gasteiger charge is -2.57. The molecule has 0 radical (unpaired) electrons. The van der Waals surface area contributed by atoms with Crippen molar-refractivity contribution < 1.29 is 19.1 Å². The lowest BCUT2D eigenvalue weighted by molar-refractivity contribution is -0.141. The van der Waals surface area contributed by atoms with Crippen molar-refractivity contribution in [1.29, 1.82) is 0 Å². The number of aromatic amines is 1. The number of esters is 2. The fourth-order valence-electron chi connectivity index (χ4n) is 7.06. The molecule has 4 atom stereocenters. The molecule has 3 aliphatic rings. The van der Waals surface area contributed by atoms with Crippen LogP contribution in [-0.4, -0.2) is 72.7 Å². The number of fused-ring (bicyclic) bond motifs is 1. The molecule has 0 saturated carbocycles. The number of benzene rings is 1. The van der Waals surface area contributed by atoms with E-state index in [-0.39, 0.29) is 11.9 Å². The van der Waals surface area contributed by atoms with Gasteiger partial charge in [0.1, 0.15) is 5.69 Å². The van der Waals surface area contributed by atoms with Gasteiger partial charge in [0, 0.05) is 48.1 Å². The molecule has 0 unspecified atom stereocenters. The summed E-state index contributed by atoms with van der Waals surface area (Å²) in [6, 6.07) is 9.18. The summed E-state index contributed by atoms with van der Waals surface area (Å²) >= 11 is 0. The van der Waals surface area contributed by atoms with Crippen LogP contribution in [0.4, 0.5) is 0 Å². The molecule has 3 fully saturated rings. The van der Waals surface area contributed by atoms with E-state index in [4.69, 9.17) is 9.47 Å². The van der Waals surface area contributed by atoms with Gasteiger partial charge in [0.05, 0.1) is 14.2 Å². The predicted octanol–water partition coefficient (Wildman–Crippen LogP) is 3.97. The summed E-state index contributed by atoms with van der Waals surface area (Å²) in [7, 11) is 2.91. The first kappa shape index (κ1) is 23.4. The number of likely N-dealkylation sites (tertiary alicyclic amines) is 1. The van der Waals surface area contributed by atoms with Crippen LogP contribution in [0.2, 0.25) is 0 Å². The molecule has 0 amide bonds. The normalized spacial score (nSPS) is 27.4. The van der Waals surface area contributed by atoms with Crippen molar-refractivity contribution in [3.05, 3.63) is 35.5 Å². The van der Waals surface area contributed by atoms with Crippen LogP contribution in [0.15, 0.2) is 24.3 Å². The number of aromatic nitrogens is 1. The van der Waals surface area contributed by atoms with E-state index in [9.17, 15) is 9.59 Å². The van der Waals surface area contributed by atoms with Crippen LogP contribution in [0.3, 0.4) is 0 Å². The minimum Gasteiger partial charge on any atom is -0.469 e. The monoisotopic (exact) mass is 467 g/mol. The zero-order chi connectivity index (χ0) is 23.7. The van der Waals surface area contributed by atoms with Crippen molar-refractivity contribution in [3.8, 4) is 0 Å². The number of ether oxygens (including phenoxy) is 2. The number of carbonyl (C=O) groups excluding carboxylic acids is 2. The van der Waals surface area contributed by atoms with Crippen LogP contribution >= 0.6 is 0 Å². The van der Waals surface area contributed by atoms with Gasteiger partial charge in [-0.2, -0.15) is 0 Å². The molecule has 1 aromatic heterocycles. The third-order valence-corrected chi connectivity index (χ3v) is 8.45. The number of piperidine rings is 3. The largest absolute Gasteiger partial charge is 0.469 e. The smallest absolute Gasteiger partial charge is 0.354 e. The van der Waals surface area contributed by atoms with Crippen LogP contribution in [0, 0.1) is 11.8 Å². The second-order valence-electron chi connectivity index (χ2n) is 10.2. The first-order valence-corrected chi connectivity index (χ1v) is 12.8. The Morgan fingerprint density at radius 3 is 2.68 bits per heavy atom. The average Bonchev–Trinajstić information content (AvgIpc) is 3.23. The van der Waals surface area contributed by atoms with Crippen molar-refractivity contribution in [2.75, 3.05) is 33.9 Å². The molecule has 7 nitrogen and oxygen atoms in total. The summed E-state index contributed by atoms with van der Waals surface area (Å²) in [5.41, 5.74) is 2.56. The molecule has 4 heterocycles. The van der Waals surface area contributed by atoms with Gasteiger partial charge < -0.3 is 14.5 Å². The molecule has 1 aromatic carbocycles. The third kappa shape index (κ3) is 4.36. The Kier molecular flexibility index (Phi) is 6.93. The van der Waals surface area contributed by atoms with E-state index in [1.165, 1.54) is 53.0 Å². The highest BCUT2D eigenvalue weighted by Crippen LogP contribution is 2.44. The van der Waals surface area contributed by atoms with Crippen molar-refractivity contribution in [3.63, 3.8) is 0 Å². The first-order valence-electron chi connectivity index (χ1n) is 12.8. The highest BCUT2D eigenvalue weighted by Gasteiger charge is 2.48. The number of nitrogens with zero attached hydrogens (tertiary/aromatic N) is 2. The van der Waals surface area contributed by atoms with E-state index in [0.717, 1.165) is 42.4 Å². The second kappa shape index (κ2) is 10.1. The molecule has 3 saturated heterocycles. The molecule has 3 aliphatic heterocycles. The highest BCUT2D eigenvalue weighted by molar-refractivity contribution is 5.98. The van der Waals surface area contributed by atoms with Gasteiger partial charge in [0.25, 0.3) is 0 Å². The average molecular weight is 468 g/mol. The van der Waals surface area contributed by atoms with Crippen LogP contribution in [0.1, 0.15) is 61.0 Å². The van der Waals surface area contributed by atoms with E-state index in [1.807, 2.05) is 18.2 Å². The first-order chi connectivity index (χ1) is 16.6. The van der Waals surface area contributed by atoms with Gasteiger partial charge in [-0.3, -0.25) is 14.6 Å². The van der Waals surface area contributed by atoms with E-state index in [2.05, 4.69) is 20.9 Å². The lowest BCUT2D eigenvalue weighted by atomic mass is 9.69. The van der Waals surface area contributed by atoms with Gasteiger partial charge in [0.2, 0.25) is 0 Å². The molecule has 0 aliphatic carbocycles. The molecule has 34 heavy (non-hydrogen) atoms. The van der Waals surface area contributed by atoms with Crippen LogP contribution in [0.25, 0.3) is 10.9 Å². The van der Waals surface area contributed by atoms with E-state index < -0.39 is 0 Å². The number of hydrogen-bond donors (Lipinski definition) is 1. The van der Waals surface area contributed by atoms with Gasteiger partial charge in [0.15, 0.2) is 0 Å². The molecule has 2 aromatic rings. The van der Waals surface area contributed by atoms with Gasteiger partial charge in [-0.15, -0.1) is 0 Å². The minimum atomic E-state index is -0.315. The summed E-state index contributed by atoms with van der Waals surface area (Å²) in [4.78, 5) is 33.2. The Bertz CT molecular complexity index is 1030. The number of para-hydroxylation sites is 1.